The Morgan fingerprint density at radius 3 is 3.00 bits per heavy atom. The maximum atomic E-state index is 6.09. The maximum Gasteiger partial charge on any atom is 0.0994 e. The molecule has 0 bridgehead atoms. The van der Waals surface area contributed by atoms with E-state index in [2.05, 4.69) is 35.0 Å². The van der Waals surface area contributed by atoms with Crippen molar-refractivity contribution in [2.75, 3.05) is 0 Å². The highest BCUT2D eigenvalue weighted by Gasteiger charge is 2.23. The van der Waals surface area contributed by atoms with Crippen molar-refractivity contribution in [3.05, 3.63) is 11.9 Å². The van der Waals surface area contributed by atoms with Gasteiger partial charge in [0.15, 0.2) is 0 Å². The van der Waals surface area contributed by atoms with Crippen molar-refractivity contribution < 1.29 is 0 Å². The number of nitrogens with two attached hydrogens (primary N) is 1. The maximum absolute atomic E-state index is 6.09. The molecule has 4 heteroatoms. The highest BCUT2D eigenvalue weighted by molar-refractivity contribution is 5.00. The van der Waals surface area contributed by atoms with E-state index >= 15 is 0 Å². The summed E-state index contributed by atoms with van der Waals surface area (Å²) in [6, 6.07) is 0.591. The van der Waals surface area contributed by atoms with Gasteiger partial charge in [0.1, 0.15) is 0 Å². The predicted molar refractivity (Wildman–Crippen MR) is 73.1 cm³/mol. The second kappa shape index (κ2) is 6.32. The Bertz CT molecular complexity index is 360. The third-order valence-electron chi connectivity index (χ3n) is 4.21. The minimum absolute atomic E-state index is 0.0503. The fraction of sp³-hybridized carbons (Fsp3) is 0.857. The average Bonchev–Trinajstić information content (AvgIpc) is 2.89. The zero-order valence-electron chi connectivity index (χ0n) is 11.7. The van der Waals surface area contributed by atoms with E-state index in [0.717, 1.165) is 24.5 Å². The van der Waals surface area contributed by atoms with E-state index in [1.807, 2.05) is 0 Å². The third-order valence-corrected chi connectivity index (χ3v) is 4.21. The lowest BCUT2D eigenvalue weighted by Crippen LogP contribution is -2.19. The van der Waals surface area contributed by atoms with Crippen LogP contribution in [0.1, 0.15) is 76.6 Å². The van der Waals surface area contributed by atoms with E-state index in [0.29, 0.717) is 6.04 Å². The van der Waals surface area contributed by atoms with Crippen LogP contribution >= 0.6 is 0 Å². The van der Waals surface area contributed by atoms with Crippen LogP contribution in [0, 0.1) is 5.92 Å². The number of hydrogen-bond donors (Lipinski definition) is 1. The van der Waals surface area contributed by atoms with Gasteiger partial charge in [-0.1, -0.05) is 44.7 Å². The first-order chi connectivity index (χ1) is 8.74. The van der Waals surface area contributed by atoms with Gasteiger partial charge in [0.05, 0.1) is 24.0 Å². The first kappa shape index (κ1) is 13.5. The fourth-order valence-electron chi connectivity index (χ4n) is 2.97. The van der Waals surface area contributed by atoms with Crippen molar-refractivity contribution in [3.63, 3.8) is 0 Å². The molecule has 4 nitrogen and oxygen atoms in total. The molecule has 3 atom stereocenters. The normalized spacial score (nSPS) is 26.2. The van der Waals surface area contributed by atoms with Gasteiger partial charge in [0.2, 0.25) is 0 Å². The second-order valence-electron chi connectivity index (χ2n) is 5.61. The van der Waals surface area contributed by atoms with Crippen LogP contribution in [0.25, 0.3) is 0 Å². The lowest BCUT2D eigenvalue weighted by molar-refractivity contribution is 0.245. The summed E-state index contributed by atoms with van der Waals surface area (Å²) in [6.45, 7) is 4.44. The van der Waals surface area contributed by atoms with E-state index < -0.39 is 0 Å². The summed E-state index contributed by atoms with van der Waals surface area (Å²) in [4.78, 5) is 0. The van der Waals surface area contributed by atoms with Crippen molar-refractivity contribution >= 4 is 0 Å². The molecule has 2 rings (SSSR count). The molecule has 0 aromatic carbocycles. The van der Waals surface area contributed by atoms with Gasteiger partial charge in [-0.2, -0.15) is 0 Å². The smallest absolute Gasteiger partial charge is 0.0994 e. The van der Waals surface area contributed by atoms with Gasteiger partial charge in [0.25, 0.3) is 0 Å². The molecular formula is C14H26N4. The molecule has 1 heterocycles. The Labute approximate surface area is 110 Å². The number of nitrogens with zero attached hydrogens (tertiary/aromatic N) is 3. The third kappa shape index (κ3) is 3.10. The molecule has 0 radical (unpaired) electrons. The van der Waals surface area contributed by atoms with E-state index in [4.69, 9.17) is 5.73 Å². The molecule has 1 aliphatic carbocycles. The molecule has 3 unspecified atom stereocenters. The van der Waals surface area contributed by atoms with Crippen LogP contribution in [-0.2, 0) is 0 Å². The van der Waals surface area contributed by atoms with Crippen molar-refractivity contribution in [2.45, 2.75) is 70.9 Å². The van der Waals surface area contributed by atoms with E-state index in [9.17, 15) is 0 Å². The molecule has 18 heavy (non-hydrogen) atoms. The summed E-state index contributed by atoms with van der Waals surface area (Å²) in [5.74, 6) is 0.862. The lowest BCUT2D eigenvalue weighted by Gasteiger charge is -2.28. The summed E-state index contributed by atoms with van der Waals surface area (Å²) >= 11 is 0. The Hall–Kier alpha value is -0.900. The SMILES string of the molecule is CCCC(N)c1cn(C2CCCC(CC)C2)nn1. The van der Waals surface area contributed by atoms with Crippen molar-refractivity contribution in [1.82, 2.24) is 15.0 Å². The van der Waals surface area contributed by atoms with Gasteiger partial charge in [-0.05, 0) is 25.2 Å². The van der Waals surface area contributed by atoms with E-state index in [-0.39, 0.29) is 6.04 Å². The van der Waals surface area contributed by atoms with Crippen LogP contribution in [0.2, 0.25) is 0 Å². The van der Waals surface area contributed by atoms with Crippen LogP contribution in [-0.4, -0.2) is 15.0 Å². The number of hydrogen-bond acceptors (Lipinski definition) is 3. The zero-order valence-corrected chi connectivity index (χ0v) is 11.7. The van der Waals surface area contributed by atoms with Gasteiger partial charge in [-0.3, -0.25) is 0 Å². The Morgan fingerprint density at radius 1 is 1.44 bits per heavy atom. The Kier molecular flexibility index (Phi) is 4.75. The summed E-state index contributed by atoms with van der Waals surface area (Å²) in [6.07, 6.45) is 10.6. The largest absolute Gasteiger partial charge is 0.323 e. The van der Waals surface area contributed by atoms with Gasteiger partial charge in [-0.25, -0.2) is 4.68 Å². The van der Waals surface area contributed by atoms with Crippen LogP contribution in [0.15, 0.2) is 6.20 Å². The first-order valence-electron chi connectivity index (χ1n) is 7.41. The molecule has 1 fully saturated rings. The Balaban J connectivity index is 2.00. The van der Waals surface area contributed by atoms with Gasteiger partial charge < -0.3 is 5.73 Å². The quantitative estimate of drug-likeness (QED) is 0.873. The summed E-state index contributed by atoms with van der Waals surface area (Å²) in [7, 11) is 0. The van der Waals surface area contributed by atoms with Crippen LogP contribution in [0.5, 0.6) is 0 Å². The molecule has 102 valence electrons. The highest BCUT2D eigenvalue weighted by Crippen LogP contribution is 2.33. The van der Waals surface area contributed by atoms with E-state index in [1.54, 1.807) is 0 Å². The highest BCUT2D eigenvalue weighted by atomic mass is 15.4. The standard InChI is InChI=1S/C14H26N4/c1-3-6-13(15)14-10-18(17-16-14)12-8-5-7-11(4-2)9-12/h10-13H,3-9,15H2,1-2H3. The summed E-state index contributed by atoms with van der Waals surface area (Å²) in [5, 5.41) is 8.55. The Morgan fingerprint density at radius 2 is 2.28 bits per heavy atom. The minimum atomic E-state index is 0.0503. The van der Waals surface area contributed by atoms with Gasteiger partial charge >= 0.3 is 0 Å². The fourth-order valence-corrected chi connectivity index (χ4v) is 2.97. The topological polar surface area (TPSA) is 56.7 Å². The molecule has 0 aliphatic heterocycles. The molecule has 0 amide bonds. The minimum Gasteiger partial charge on any atom is -0.323 e. The van der Waals surface area contributed by atoms with Crippen molar-refractivity contribution in [1.29, 1.82) is 0 Å². The predicted octanol–water partition coefficient (Wildman–Crippen LogP) is 3.22. The molecular weight excluding hydrogens is 224 g/mol. The van der Waals surface area contributed by atoms with Crippen molar-refractivity contribution in [3.8, 4) is 0 Å². The zero-order chi connectivity index (χ0) is 13.0. The second-order valence-corrected chi connectivity index (χ2v) is 5.61. The molecule has 0 spiro atoms. The summed E-state index contributed by atoms with van der Waals surface area (Å²) in [5.41, 5.74) is 7.04. The van der Waals surface area contributed by atoms with Crippen LogP contribution in [0.3, 0.4) is 0 Å². The monoisotopic (exact) mass is 250 g/mol. The van der Waals surface area contributed by atoms with Crippen LogP contribution in [0.4, 0.5) is 0 Å². The number of rotatable bonds is 5. The molecule has 1 aromatic rings. The summed E-state index contributed by atoms with van der Waals surface area (Å²) < 4.78 is 2.06. The lowest BCUT2D eigenvalue weighted by atomic mass is 9.84. The molecule has 1 saturated carbocycles. The van der Waals surface area contributed by atoms with E-state index in [1.165, 1.54) is 32.1 Å². The van der Waals surface area contributed by atoms with Crippen molar-refractivity contribution in [2.24, 2.45) is 11.7 Å². The molecule has 1 aromatic heterocycles. The molecule has 2 N–H and O–H groups in total. The average molecular weight is 250 g/mol. The molecule has 0 saturated heterocycles. The van der Waals surface area contributed by atoms with Crippen LogP contribution < -0.4 is 5.73 Å². The first-order valence-corrected chi connectivity index (χ1v) is 7.41. The molecule has 1 aliphatic rings. The van der Waals surface area contributed by atoms with Gasteiger partial charge in [0, 0.05) is 0 Å². The van der Waals surface area contributed by atoms with Gasteiger partial charge in [-0.15, -0.1) is 5.10 Å². The number of aromatic nitrogens is 3.